The summed E-state index contributed by atoms with van der Waals surface area (Å²) in [6.45, 7) is 23.6. The van der Waals surface area contributed by atoms with Gasteiger partial charge in [-0.15, -0.1) is 0 Å². The number of nitrogens with one attached hydrogen (secondary N) is 3. The molecule has 2 atom stereocenters. The molecule has 0 spiro atoms. The maximum atomic E-state index is 4.43. The summed E-state index contributed by atoms with van der Waals surface area (Å²) in [5.74, 6) is 0.332. The Morgan fingerprint density at radius 1 is 0.746 bits per heavy atom. The van der Waals surface area contributed by atoms with Crippen molar-refractivity contribution in [3.63, 3.8) is 0 Å². The monoisotopic (exact) mass is 826 g/mol. The number of rotatable bonds is 12. The zero-order chi connectivity index (χ0) is 44.7. The largest absolute Gasteiger partial charge is 0.382 e. The Kier molecular flexibility index (Phi) is 16.0. The quantitative estimate of drug-likeness (QED) is 0.0850. The summed E-state index contributed by atoms with van der Waals surface area (Å²) in [7, 11) is 0. The third-order valence-electron chi connectivity index (χ3n) is 11.6. The minimum absolute atomic E-state index is 0.00281. The molecule has 3 heteroatoms. The van der Waals surface area contributed by atoms with Crippen LogP contribution in [0.3, 0.4) is 0 Å². The van der Waals surface area contributed by atoms with Crippen LogP contribution in [0.5, 0.6) is 0 Å². The number of H-pyrrole nitrogens is 1. The highest BCUT2D eigenvalue weighted by atomic mass is 14.9. The Morgan fingerprint density at radius 3 is 2.19 bits per heavy atom. The summed E-state index contributed by atoms with van der Waals surface area (Å²) in [5.41, 5.74) is 23.3. The Balaban J connectivity index is 0.00000161. The van der Waals surface area contributed by atoms with E-state index in [2.05, 4.69) is 213 Å². The van der Waals surface area contributed by atoms with Crippen LogP contribution in [-0.2, 0) is 13.0 Å². The topological polar surface area (TPSA) is 39.9 Å². The lowest BCUT2D eigenvalue weighted by molar-refractivity contribution is 0.749. The van der Waals surface area contributed by atoms with Crippen LogP contribution in [0.4, 0.5) is 5.69 Å². The molecule has 1 heterocycles. The Bertz CT molecular complexity index is 2760. The van der Waals surface area contributed by atoms with E-state index >= 15 is 0 Å². The maximum absolute atomic E-state index is 4.43. The molecule has 3 N–H and O–H groups in total. The minimum atomic E-state index is -0.00281. The lowest BCUT2D eigenvalue weighted by Crippen LogP contribution is -2.25. The second-order valence-corrected chi connectivity index (χ2v) is 15.6. The Morgan fingerprint density at radius 2 is 1.44 bits per heavy atom. The molecule has 2 unspecified atom stereocenters. The summed E-state index contributed by atoms with van der Waals surface area (Å²) in [5, 5.41) is 10.0. The van der Waals surface area contributed by atoms with E-state index in [0.717, 1.165) is 39.8 Å². The molecule has 0 saturated heterocycles. The first kappa shape index (κ1) is 45.5. The summed E-state index contributed by atoms with van der Waals surface area (Å²) < 4.78 is 0. The first-order valence-electron chi connectivity index (χ1n) is 22.6. The number of benzene rings is 5. The van der Waals surface area contributed by atoms with Crippen molar-refractivity contribution in [1.82, 2.24) is 10.3 Å². The van der Waals surface area contributed by atoms with Crippen molar-refractivity contribution >= 4 is 34.2 Å². The lowest BCUT2D eigenvalue weighted by atomic mass is 9.87. The molecule has 0 bridgehead atoms. The van der Waals surface area contributed by atoms with Crippen LogP contribution in [-0.4, -0.2) is 11.0 Å². The van der Waals surface area contributed by atoms with Gasteiger partial charge >= 0.3 is 0 Å². The molecular formula is C60H63N3. The van der Waals surface area contributed by atoms with E-state index in [1.165, 1.54) is 55.8 Å². The number of aromatic nitrogens is 1. The van der Waals surface area contributed by atoms with E-state index in [1.807, 2.05) is 45.9 Å². The zero-order valence-corrected chi connectivity index (χ0v) is 38.2. The predicted molar refractivity (Wildman–Crippen MR) is 274 cm³/mol. The maximum Gasteiger partial charge on any atom is 0.0634 e. The standard InChI is InChI=1S/C56H51N3.2C2H6/c1-6-8-18-40-22-16-26-48(39(40)5)56-50-25-13-12-21-44(50)36-54(56)57-37-55-47(7-2)51-35-45(30-29-43(51)23-17-28-52(59-55)38(3)4)49-24-14-15-27-53(49)58-46-33-31-42(32-34-46)41-19-10-9-11-20-41;2*1-2/h6-13,16-35,38,49,53,57-59H,1-2,36-37H2,3-5H3;2*1-2H3/b18-8-,23-17?,52-28?,55-47?;;. The van der Waals surface area contributed by atoms with E-state index in [1.54, 1.807) is 0 Å². The van der Waals surface area contributed by atoms with Crippen LogP contribution in [0.1, 0.15) is 104 Å². The van der Waals surface area contributed by atoms with Crippen LogP contribution in [0.25, 0.3) is 39.6 Å². The summed E-state index contributed by atoms with van der Waals surface area (Å²) in [6, 6.07) is 48.0. The lowest BCUT2D eigenvalue weighted by Gasteiger charge is -2.25. The molecule has 0 saturated carbocycles. The second kappa shape index (κ2) is 22.2. The molecule has 1 aromatic heterocycles. The van der Waals surface area contributed by atoms with Crippen LogP contribution in [0, 0.1) is 6.92 Å². The average molecular weight is 826 g/mol. The molecule has 6 aromatic rings. The van der Waals surface area contributed by atoms with Crippen LogP contribution in [0.15, 0.2) is 188 Å². The number of anilines is 1. The van der Waals surface area contributed by atoms with E-state index < -0.39 is 0 Å². The molecule has 5 aromatic carbocycles. The van der Waals surface area contributed by atoms with Gasteiger partial charge in [0.15, 0.2) is 0 Å². The van der Waals surface area contributed by atoms with Gasteiger partial charge in [-0.3, -0.25) is 0 Å². The zero-order valence-electron chi connectivity index (χ0n) is 38.2. The number of allylic oxidation sites excluding steroid dienone is 3. The van der Waals surface area contributed by atoms with Gasteiger partial charge in [-0.2, -0.15) is 0 Å². The van der Waals surface area contributed by atoms with Crippen molar-refractivity contribution in [3.8, 4) is 11.1 Å². The third-order valence-corrected chi connectivity index (χ3v) is 11.6. The smallest absolute Gasteiger partial charge is 0.0634 e. The molecule has 0 aliphatic heterocycles. The fourth-order valence-corrected chi connectivity index (χ4v) is 8.36. The fraction of sp³-hybridized carbons (Fsp3) is 0.200. The van der Waals surface area contributed by atoms with Gasteiger partial charge in [0.25, 0.3) is 0 Å². The van der Waals surface area contributed by atoms with Gasteiger partial charge in [0.2, 0.25) is 0 Å². The van der Waals surface area contributed by atoms with E-state index in [4.69, 9.17) is 0 Å². The van der Waals surface area contributed by atoms with Gasteiger partial charge in [0.1, 0.15) is 0 Å². The van der Waals surface area contributed by atoms with Crippen molar-refractivity contribution < 1.29 is 0 Å². The molecule has 318 valence electrons. The van der Waals surface area contributed by atoms with Crippen LogP contribution >= 0.6 is 0 Å². The highest BCUT2D eigenvalue weighted by molar-refractivity contribution is 5.91. The number of hydrogen-bond acceptors (Lipinski definition) is 2. The molecule has 63 heavy (non-hydrogen) atoms. The third kappa shape index (κ3) is 10.5. The highest BCUT2D eigenvalue weighted by Crippen LogP contribution is 2.39. The summed E-state index contributed by atoms with van der Waals surface area (Å²) >= 11 is 0. The van der Waals surface area contributed by atoms with Crippen LogP contribution in [0.2, 0.25) is 0 Å². The highest BCUT2D eigenvalue weighted by Gasteiger charge is 2.25. The van der Waals surface area contributed by atoms with Crippen molar-refractivity contribution in [1.29, 1.82) is 0 Å². The SMILES string of the molecule is C=C/C=C\c1cccc(C2=C(NCc3[nH]c(C(C)C)cccc4ccc(C5C=C=C=CC5Nc5ccc(-c6ccccc6)cc5)cc4c3C=C)Cc3ccccc32)c1C.CC.CC. The molecule has 0 amide bonds. The molecule has 2 aliphatic rings. The van der Waals surface area contributed by atoms with Gasteiger partial charge in [0, 0.05) is 46.2 Å². The van der Waals surface area contributed by atoms with E-state index in [9.17, 15) is 0 Å². The predicted octanol–water partition coefficient (Wildman–Crippen LogP) is 15.8. The number of hydrogen-bond donors (Lipinski definition) is 3. The molecule has 8 rings (SSSR count). The van der Waals surface area contributed by atoms with E-state index in [-0.39, 0.29) is 17.9 Å². The van der Waals surface area contributed by atoms with Gasteiger partial charge in [0.05, 0.1) is 12.6 Å². The molecule has 2 aliphatic carbocycles. The molecular weight excluding hydrogens is 763 g/mol. The molecule has 0 radical (unpaired) electrons. The van der Waals surface area contributed by atoms with Crippen molar-refractivity contribution in [2.45, 2.75) is 79.3 Å². The van der Waals surface area contributed by atoms with Gasteiger partial charge in [-0.25, -0.2) is 0 Å². The minimum Gasteiger partial charge on any atom is -0.382 e. The summed E-state index contributed by atoms with van der Waals surface area (Å²) in [6.07, 6.45) is 13.1. The van der Waals surface area contributed by atoms with Gasteiger partial charge in [-0.05, 0) is 105 Å². The Labute approximate surface area is 377 Å². The molecule has 3 nitrogen and oxygen atoms in total. The second-order valence-electron chi connectivity index (χ2n) is 15.6. The number of fused-ring (bicyclic) bond motifs is 2. The average Bonchev–Trinajstić information content (AvgIpc) is 3.73. The molecule has 0 fully saturated rings. The normalized spacial score (nSPS) is 14.7. The van der Waals surface area contributed by atoms with Crippen LogP contribution < -0.4 is 10.6 Å². The Hall–Kier alpha value is -7.02. The van der Waals surface area contributed by atoms with Crippen molar-refractivity contribution in [2.24, 2.45) is 0 Å². The fourth-order valence-electron chi connectivity index (χ4n) is 8.36. The number of aromatic amines is 1. The summed E-state index contributed by atoms with van der Waals surface area (Å²) in [4.78, 5) is 3.90. The first-order chi connectivity index (χ1) is 30.9. The van der Waals surface area contributed by atoms with Crippen molar-refractivity contribution in [3.05, 3.63) is 238 Å². The first-order valence-corrected chi connectivity index (χ1v) is 22.6. The van der Waals surface area contributed by atoms with Crippen molar-refractivity contribution in [2.75, 3.05) is 5.32 Å². The van der Waals surface area contributed by atoms with Gasteiger partial charge < -0.3 is 15.6 Å². The van der Waals surface area contributed by atoms with E-state index in [0.29, 0.717) is 6.54 Å². The van der Waals surface area contributed by atoms with Gasteiger partial charge in [-0.1, -0.05) is 200 Å².